The van der Waals surface area contributed by atoms with Crippen LogP contribution in [0.1, 0.15) is 44.9 Å². The van der Waals surface area contributed by atoms with E-state index in [-0.39, 0.29) is 11.9 Å². The van der Waals surface area contributed by atoms with Gasteiger partial charge in [0.25, 0.3) is 0 Å². The van der Waals surface area contributed by atoms with Crippen LogP contribution in [-0.4, -0.2) is 104 Å². The molecule has 0 aromatic carbocycles. The molecular weight excluding hydrogens is 446 g/mol. The summed E-state index contributed by atoms with van der Waals surface area (Å²) in [6.07, 6.45) is 9.70. The zero-order valence-electron chi connectivity index (χ0n) is 21.2. The highest BCUT2D eigenvalue weighted by Crippen LogP contribution is 2.18. The number of rotatable bonds is 13. The lowest BCUT2D eigenvalue weighted by Crippen LogP contribution is -2.47. The summed E-state index contributed by atoms with van der Waals surface area (Å²) in [5, 5.41) is 4.77. The highest BCUT2D eigenvalue weighted by atomic mass is 16.7. The van der Waals surface area contributed by atoms with Gasteiger partial charge in [-0.2, -0.15) is 0 Å². The van der Waals surface area contributed by atoms with Gasteiger partial charge in [0.1, 0.15) is 0 Å². The number of ether oxygens (including phenoxy) is 1. The monoisotopic (exact) mass is 489 g/mol. The van der Waals surface area contributed by atoms with Crippen LogP contribution < -0.4 is 11.1 Å². The highest BCUT2D eigenvalue weighted by molar-refractivity contribution is 5.92. The maximum Gasteiger partial charge on any atom is 0.246 e. The Morgan fingerprint density at radius 2 is 1.89 bits per heavy atom. The van der Waals surface area contributed by atoms with Crippen LogP contribution in [0.3, 0.4) is 0 Å². The zero-order chi connectivity index (χ0) is 24.7. The quantitative estimate of drug-likeness (QED) is 0.187. The fraction of sp³-hybridized carbons (Fsp3) is 0.720. The molecule has 3 rings (SSSR count). The van der Waals surface area contributed by atoms with Crippen molar-refractivity contribution in [2.45, 2.75) is 51.0 Å². The second-order valence-corrected chi connectivity index (χ2v) is 9.33. The predicted molar refractivity (Wildman–Crippen MR) is 138 cm³/mol. The fourth-order valence-electron chi connectivity index (χ4n) is 4.38. The minimum Gasteiger partial charge on any atom is -0.379 e. The largest absolute Gasteiger partial charge is 0.379 e. The van der Waals surface area contributed by atoms with Gasteiger partial charge in [0.15, 0.2) is 5.96 Å². The number of nitrogens with one attached hydrogen (secondary N) is 1. The second kappa shape index (κ2) is 15.7. The van der Waals surface area contributed by atoms with Gasteiger partial charge in [0.05, 0.1) is 25.9 Å². The van der Waals surface area contributed by atoms with Gasteiger partial charge in [0.2, 0.25) is 5.91 Å². The van der Waals surface area contributed by atoms with Crippen LogP contribution in [0.15, 0.2) is 29.5 Å². The predicted octanol–water partition coefficient (Wildman–Crippen LogP) is 1.95. The van der Waals surface area contributed by atoms with Crippen molar-refractivity contribution in [1.29, 1.82) is 0 Å². The van der Waals surface area contributed by atoms with Crippen LogP contribution in [0.5, 0.6) is 0 Å². The van der Waals surface area contributed by atoms with Gasteiger partial charge in [0, 0.05) is 50.7 Å². The third-order valence-electron chi connectivity index (χ3n) is 6.54. The number of hydroxylamine groups is 2. The fourth-order valence-corrected chi connectivity index (χ4v) is 4.38. The lowest BCUT2D eigenvalue weighted by Gasteiger charge is -2.37. The first-order valence-corrected chi connectivity index (χ1v) is 13.0. The van der Waals surface area contributed by atoms with Crippen LogP contribution >= 0.6 is 0 Å². The number of nitrogens with two attached hydrogens (primary N) is 1. The van der Waals surface area contributed by atoms with E-state index in [2.05, 4.69) is 32.1 Å². The average molecular weight is 490 g/mol. The van der Waals surface area contributed by atoms with Crippen LogP contribution in [-0.2, 0) is 14.4 Å². The number of likely N-dealkylation sites (tertiary alicyclic amines) is 1. The third-order valence-corrected chi connectivity index (χ3v) is 6.54. The molecule has 0 saturated carbocycles. The highest BCUT2D eigenvalue weighted by Gasteiger charge is 2.28. The van der Waals surface area contributed by atoms with Crippen molar-refractivity contribution in [2.24, 2.45) is 10.7 Å². The van der Waals surface area contributed by atoms with E-state index in [1.807, 2.05) is 12.1 Å². The van der Waals surface area contributed by atoms with Crippen molar-refractivity contribution >= 4 is 17.6 Å². The number of aliphatic imine (C=N–C) groups is 1. The average Bonchev–Trinajstić information content (AvgIpc) is 2.88. The number of carbonyl (C=O) groups excluding carboxylic acids is 1. The molecule has 1 aromatic heterocycles. The molecule has 1 aromatic rings. The van der Waals surface area contributed by atoms with E-state index in [1.54, 1.807) is 17.5 Å². The molecule has 3 heterocycles. The van der Waals surface area contributed by atoms with Crippen LogP contribution in [0.2, 0.25) is 0 Å². The number of piperidine rings is 1. The molecule has 10 nitrogen and oxygen atoms in total. The Bertz CT molecular complexity index is 751. The van der Waals surface area contributed by atoms with Gasteiger partial charge < -0.3 is 20.7 Å². The molecular formula is C25H43N7O3. The topological polar surface area (TPSA) is 109 Å². The molecule has 2 aliphatic heterocycles. The second-order valence-electron chi connectivity index (χ2n) is 9.33. The number of pyridine rings is 1. The Morgan fingerprint density at radius 1 is 1.17 bits per heavy atom. The Kier molecular flexibility index (Phi) is 12.2. The van der Waals surface area contributed by atoms with Crippen molar-refractivity contribution in [3.05, 3.63) is 24.5 Å². The van der Waals surface area contributed by atoms with E-state index in [9.17, 15) is 4.79 Å². The van der Waals surface area contributed by atoms with Crippen molar-refractivity contribution in [3.8, 4) is 0 Å². The SMILES string of the molecule is CN1CCC(N(OCCN2CCOCC2)C(=O)CCCCCCN=C(N)Nc2ccncc2)CC1. The number of hydrogen-bond donors (Lipinski definition) is 2. The maximum absolute atomic E-state index is 13.1. The third kappa shape index (κ3) is 10.5. The number of guanidine groups is 1. The molecule has 0 bridgehead atoms. The number of anilines is 1. The van der Waals surface area contributed by atoms with E-state index in [1.165, 1.54) is 0 Å². The summed E-state index contributed by atoms with van der Waals surface area (Å²) in [7, 11) is 2.13. The van der Waals surface area contributed by atoms with E-state index in [4.69, 9.17) is 15.3 Å². The molecule has 10 heteroatoms. The lowest BCUT2D eigenvalue weighted by atomic mass is 10.0. The summed E-state index contributed by atoms with van der Waals surface area (Å²) in [4.78, 5) is 32.2. The molecule has 0 spiro atoms. The van der Waals surface area contributed by atoms with E-state index < -0.39 is 0 Å². The molecule has 35 heavy (non-hydrogen) atoms. The van der Waals surface area contributed by atoms with E-state index in [0.29, 0.717) is 25.5 Å². The first-order chi connectivity index (χ1) is 17.1. The first-order valence-electron chi connectivity index (χ1n) is 13.0. The van der Waals surface area contributed by atoms with E-state index in [0.717, 1.165) is 90.1 Å². The molecule has 1 amide bonds. The summed E-state index contributed by atoms with van der Waals surface area (Å²) in [5.41, 5.74) is 6.80. The molecule has 3 N–H and O–H groups in total. The van der Waals surface area contributed by atoms with Gasteiger partial charge in [-0.05, 0) is 58.0 Å². The molecule has 2 saturated heterocycles. The standard InChI is InChI=1S/C25H43N7O3/c1-30-14-9-23(10-15-30)32(35-21-18-31-16-19-34-20-17-31)24(33)6-4-2-3-5-11-28-25(26)29-22-7-12-27-13-8-22/h7-8,12-13,23H,2-6,9-11,14-21H2,1H3,(H3,26,27,28,29). The summed E-state index contributed by atoms with van der Waals surface area (Å²) < 4.78 is 5.42. The normalized spacial score (nSPS) is 18.5. The van der Waals surface area contributed by atoms with Gasteiger partial charge in [-0.3, -0.25) is 24.5 Å². The van der Waals surface area contributed by atoms with Crippen LogP contribution in [0, 0.1) is 0 Å². The number of morpholine rings is 1. The smallest absolute Gasteiger partial charge is 0.246 e. The summed E-state index contributed by atoms with van der Waals surface area (Å²) >= 11 is 0. The zero-order valence-corrected chi connectivity index (χ0v) is 21.2. The Morgan fingerprint density at radius 3 is 2.63 bits per heavy atom. The number of hydrogen-bond acceptors (Lipinski definition) is 7. The van der Waals surface area contributed by atoms with Crippen LogP contribution in [0.4, 0.5) is 5.69 Å². The van der Waals surface area contributed by atoms with E-state index >= 15 is 0 Å². The number of unbranched alkanes of at least 4 members (excludes halogenated alkanes) is 3. The summed E-state index contributed by atoms with van der Waals surface area (Å²) in [5.74, 6) is 0.528. The van der Waals surface area contributed by atoms with Crippen LogP contribution in [0.25, 0.3) is 0 Å². The molecule has 0 unspecified atom stereocenters. The Labute approximate surface area is 209 Å². The van der Waals surface area contributed by atoms with Crippen molar-refractivity contribution < 1.29 is 14.4 Å². The lowest BCUT2D eigenvalue weighted by molar-refractivity contribution is -0.206. The number of carbonyl (C=O) groups is 1. The molecule has 0 atom stereocenters. The maximum atomic E-state index is 13.1. The minimum absolute atomic E-state index is 0.116. The Balaban J connectivity index is 1.33. The van der Waals surface area contributed by atoms with Crippen molar-refractivity contribution in [2.75, 3.05) is 71.5 Å². The Hall–Kier alpha value is -2.27. The molecule has 0 radical (unpaired) electrons. The first kappa shape index (κ1) is 27.3. The minimum atomic E-state index is 0.116. The molecule has 2 fully saturated rings. The van der Waals surface area contributed by atoms with Gasteiger partial charge in [-0.15, -0.1) is 0 Å². The molecule has 196 valence electrons. The van der Waals surface area contributed by atoms with Gasteiger partial charge >= 0.3 is 0 Å². The molecule has 0 aliphatic carbocycles. The number of amides is 1. The van der Waals surface area contributed by atoms with Gasteiger partial charge in [-0.1, -0.05) is 12.8 Å². The number of nitrogens with zero attached hydrogens (tertiary/aromatic N) is 5. The molecule has 2 aliphatic rings. The summed E-state index contributed by atoms with van der Waals surface area (Å²) in [6.45, 7) is 7.46. The van der Waals surface area contributed by atoms with Crippen molar-refractivity contribution in [3.63, 3.8) is 0 Å². The number of aromatic nitrogens is 1. The summed E-state index contributed by atoms with van der Waals surface area (Å²) in [6, 6.07) is 3.87. The van der Waals surface area contributed by atoms with Crippen molar-refractivity contribution in [1.82, 2.24) is 19.8 Å². The van der Waals surface area contributed by atoms with Gasteiger partial charge in [-0.25, -0.2) is 5.06 Å².